The van der Waals surface area contributed by atoms with Crippen molar-refractivity contribution in [1.82, 2.24) is 9.88 Å². The molecule has 0 aliphatic carbocycles. The van der Waals surface area contributed by atoms with Crippen LogP contribution in [0.4, 0.5) is 0 Å². The minimum absolute atomic E-state index is 0.575. The van der Waals surface area contributed by atoms with E-state index in [2.05, 4.69) is 83.7 Å². The minimum Gasteiger partial charge on any atom is -0.360 e. The van der Waals surface area contributed by atoms with E-state index in [0.29, 0.717) is 5.25 Å². The van der Waals surface area contributed by atoms with Crippen LogP contribution in [0.2, 0.25) is 0 Å². The molecule has 1 N–H and O–H groups in total. The summed E-state index contributed by atoms with van der Waals surface area (Å²) in [5.74, 6) is 0. The number of nitrogens with zero attached hydrogens (tertiary/aromatic N) is 1. The van der Waals surface area contributed by atoms with Gasteiger partial charge in [-0.15, -0.1) is 11.8 Å². The van der Waals surface area contributed by atoms with Gasteiger partial charge in [-0.3, -0.25) is 4.90 Å². The highest BCUT2D eigenvalue weighted by Gasteiger charge is 2.16. The average molecular weight is 349 g/mol. The van der Waals surface area contributed by atoms with Crippen LogP contribution in [0.25, 0.3) is 16.5 Å². The van der Waals surface area contributed by atoms with E-state index < -0.39 is 0 Å². The molecule has 0 radical (unpaired) electrons. The number of benzene rings is 2. The fourth-order valence-corrected chi connectivity index (χ4v) is 4.70. The van der Waals surface area contributed by atoms with Crippen molar-refractivity contribution in [3.63, 3.8) is 0 Å². The van der Waals surface area contributed by atoms with Crippen molar-refractivity contribution in [2.75, 3.05) is 19.6 Å². The molecule has 0 fully saturated rings. The van der Waals surface area contributed by atoms with Crippen LogP contribution in [0.3, 0.4) is 0 Å². The third-order valence-electron chi connectivity index (χ3n) is 4.83. The standard InChI is InChI=1S/C22H24N2S/c1-17(25-22-15-23-21-10-6-5-9-20(21)22)16-24-13-11-19(12-14-24)18-7-3-2-4-8-18/h2-11,15,17,23H,12-14,16H2,1H3. The number of aromatic amines is 1. The van der Waals surface area contributed by atoms with Crippen molar-refractivity contribution in [1.29, 1.82) is 0 Å². The van der Waals surface area contributed by atoms with Gasteiger partial charge in [0.05, 0.1) is 0 Å². The predicted octanol–water partition coefficient (Wildman–Crippen LogP) is 5.44. The van der Waals surface area contributed by atoms with E-state index >= 15 is 0 Å². The van der Waals surface area contributed by atoms with Crippen LogP contribution in [-0.4, -0.2) is 34.8 Å². The Labute approximate surface area is 153 Å². The molecular weight excluding hydrogens is 324 g/mol. The van der Waals surface area contributed by atoms with E-state index in [0.717, 1.165) is 26.1 Å². The normalized spacial score (nSPS) is 16.8. The smallest absolute Gasteiger partial charge is 0.0465 e. The van der Waals surface area contributed by atoms with Gasteiger partial charge in [0.15, 0.2) is 0 Å². The van der Waals surface area contributed by atoms with E-state index in [9.17, 15) is 0 Å². The molecule has 25 heavy (non-hydrogen) atoms. The second kappa shape index (κ2) is 7.51. The molecule has 1 unspecified atom stereocenters. The zero-order valence-corrected chi connectivity index (χ0v) is 15.4. The lowest BCUT2D eigenvalue weighted by Crippen LogP contribution is -2.33. The average Bonchev–Trinajstić information content (AvgIpc) is 3.06. The molecule has 3 aromatic rings. The van der Waals surface area contributed by atoms with Gasteiger partial charge in [0.2, 0.25) is 0 Å². The summed E-state index contributed by atoms with van der Waals surface area (Å²) in [5.41, 5.74) is 4.10. The van der Waals surface area contributed by atoms with Crippen LogP contribution in [0, 0.1) is 0 Å². The van der Waals surface area contributed by atoms with Crippen molar-refractivity contribution < 1.29 is 0 Å². The van der Waals surface area contributed by atoms with Crippen LogP contribution in [0.15, 0.2) is 71.8 Å². The summed E-state index contributed by atoms with van der Waals surface area (Å²) in [5, 5.41) is 1.91. The largest absolute Gasteiger partial charge is 0.360 e. The molecule has 0 saturated heterocycles. The van der Waals surface area contributed by atoms with Gasteiger partial charge in [0.25, 0.3) is 0 Å². The van der Waals surface area contributed by atoms with Crippen LogP contribution in [0.5, 0.6) is 0 Å². The summed E-state index contributed by atoms with van der Waals surface area (Å²) in [6.07, 6.45) is 5.70. The Kier molecular flexibility index (Phi) is 4.95. The lowest BCUT2D eigenvalue weighted by Gasteiger charge is -2.28. The summed E-state index contributed by atoms with van der Waals surface area (Å²) in [7, 11) is 0. The van der Waals surface area contributed by atoms with Crippen LogP contribution >= 0.6 is 11.8 Å². The summed E-state index contributed by atoms with van der Waals surface area (Å²) < 4.78 is 0. The van der Waals surface area contributed by atoms with Gasteiger partial charge >= 0.3 is 0 Å². The summed E-state index contributed by atoms with van der Waals surface area (Å²) in [6, 6.07) is 19.3. The van der Waals surface area contributed by atoms with Gasteiger partial charge in [0.1, 0.15) is 0 Å². The molecule has 2 nitrogen and oxygen atoms in total. The zero-order chi connectivity index (χ0) is 17.1. The van der Waals surface area contributed by atoms with Gasteiger partial charge in [-0.2, -0.15) is 0 Å². The minimum atomic E-state index is 0.575. The Morgan fingerprint density at radius 2 is 1.88 bits per heavy atom. The molecule has 1 aromatic heterocycles. The molecular formula is C22H24N2S. The van der Waals surface area contributed by atoms with Crippen LogP contribution in [0.1, 0.15) is 18.9 Å². The van der Waals surface area contributed by atoms with Gasteiger partial charge in [-0.25, -0.2) is 0 Å². The number of hydrogen-bond donors (Lipinski definition) is 1. The maximum atomic E-state index is 3.38. The number of nitrogens with one attached hydrogen (secondary N) is 1. The highest BCUT2D eigenvalue weighted by molar-refractivity contribution is 8.00. The Hall–Kier alpha value is -1.97. The molecule has 0 amide bonds. The molecule has 0 saturated carbocycles. The van der Waals surface area contributed by atoms with E-state index in [-0.39, 0.29) is 0 Å². The monoisotopic (exact) mass is 348 g/mol. The predicted molar refractivity (Wildman–Crippen MR) is 109 cm³/mol. The first-order valence-electron chi connectivity index (χ1n) is 8.99. The summed E-state index contributed by atoms with van der Waals surface area (Å²) in [4.78, 5) is 7.31. The van der Waals surface area contributed by atoms with E-state index in [1.165, 1.54) is 26.9 Å². The van der Waals surface area contributed by atoms with Gasteiger partial charge in [-0.05, 0) is 23.6 Å². The zero-order valence-electron chi connectivity index (χ0n) is 14.6. The highest BCUT2D eigenvalue weighted by atomic mass is 32.2. The molecule has 2 aromatic carbocycles. The fraction of sp³-hybridized carbons (Fsp3) is 0.273. The lowest BCUT2D eigenvalue weighted by atomic mass is 9.99. The fourth-order valence-electron chi connectivity index (χ4n) is 3.55. The second-order valence-corrected chi connectivity index (χ2v) is 8.21. The number of fused-ring (bicyclic) bond motifs is 1. The maximum absolute atomic E-state index is 3.38. The molecule has 0 bridgehead atoms. The van der Waals surface area contributed by atoms with Gasteiger partial charge in [-0.1, -0.05) is 61.5 Å². The van der Waals surface area contributed by atoms with Gasteiger partial charge in [0, 0.05) is 46.9 Å². The second-order valence-electron chi connectivity index (χ2n) is 6.73. The molecule has 4 rings (SSSR count). The van der Waals surface area contributed by atoms with E-state index in [1.54, 1.807) is 0 Å². The molecule has 128 valence electrons. The Morgan fingerprint density at radius 1 is 1.08 bits per heavy atom. The number of para-hydroxylation sites is 1. The van der Waals surface area contributed by atoms with Crippen LogP contribution < -0.4 is 0 Å². The van der Waals surface area contributed by atoms with Crippen molar-refractivity contribution >= 4 is 28.2 Å². The first kappa shape index (κ1) is 16.5. The molecule has 1 aliphatic heterocycles. The highest BCUT2D eigenvalue weighted by Crippen LogP contribution is 2.31. The molecule has 3 heteroatoms. The number of rotatable bonds is 5. The lowest BCUT2D eigenvalue weighted by molar-refractivity contribution is 0.306. The molecule has 1 aliphatic rings. The van der Waals surface area contributed by atoms with E-state index in [1.807, 2.05) is 11.8 Å². The van der Waals surface area contributed by atoms with Crippen molar-refractivity contribution in [3.8, 4) is 0 Å². The van der Waals surface area contributed by atoms with Crippen LogP contribution in [-0.2, 0) is 0 Å². The number of aromatic nitrogens is 1. The van der Waals surface area contributed by atoms with Crippen molar-refractivity contribution in [3.05, 3.63) is 72.4 Å². The number of thioether (sulfide) groups is 1. The topological polar surface area (TPSA) is 19.0 Å². The van der Waals surface area contributed by atoms with Crippen molar-refractivity contribution in [2.45, 2.75) is 23.5 Å². The Morgan fingerprint density at radius 3 is 2.68 bits per heavy atom. The molecule has 2 heterocycles. The number of hydrogen-bond acceptors (Lipinski definition) is 2. The molecule has 1 atom stereocenters. The first-order valence-corrected chi connectivity index (χ1v) is 9.87. The number of H-pyrrole nitrogens is 1. The van der Waals surface area contributed by atoms with Crippen molar-refractivity contribution in [2.24, 2.45) is 0 Å². The summed E-state index contributed by atoms with van der Waals surface area (Å²) >= 11 is 1.98. The third-order valence-corrected chi connectivity index (χ3v) is 5.98. The molecule has 0 spiro atoms. The maximum Gasteiger partial charge on any atom is 0.0465 e. The summed E-state index contributed by atoms with van der Waals surface area (Å²) in [6.45, 7) is 5.67. The quantitative estimate of drug-likeness (QED) is 0.619. The third kappa shape index (κ3) is 3.83. The van der Waals surface area contributed by atoms with E-state index in [4.69, 9.17) is 0 Å². The Bertz CT molecular complexity index is 866. The first-order chi connectivity index (χ1) is 12.3. The Balaban J connectivity index is 1.36. The SMILES string of the molecule is CC(CN1CC=C(c2ccccc2)CC1)Sc1c[nH]c2ccccc12. The van der Waals surface area contributed by atoms with Gasteiger partial charge < -0.3 is 4.98 Å².